The number of benzene rings is 2. The van der Waals surface area contributed by atoms with Crippen LogP contribution in [-0.2, 0) is 6.42 Å². The van der Waals surface area contributed by atoms with Crippen LogP contribution in [0.25, 0.3) is 11.4 Å². The molecule has 5 nitrogen and oxygen atoms in total. The molecule has 0 bridgehead atoms. The van der Waals surface area contributed by atoms with Gasteiger partial charge in [-0.2, -0.15) is 4.98 Å². The molecule has 0 N–H and O–H groups in total. The number of carbonyl (C=O) groups is 1. The summed E-state index contributed by atoms with van der Waals surface area (Å²) in [4.78, 5) is 19.4. The second-order valence-electron chi connectivity index (χ2n) is 7.16. The lowest BCUT2D eigenvalue weighted by Crippen LogP contribution is -2.35. The topological polar surface area (TPSA) is 59.2 Å². The van der Waals surface area contributed by atoms with Gasteiger partial charge in [0.05, 0.1) is 0 Å². The van der Waals surface area contributed by atoms with E-state index in [1.54, 1.807) is 0 Å². The Morgan fingerprint density at radius 2 is 1.88 bits per heavy atom. The monoisotopic (exact) mass is 345 g/mol. The summed E-state index contributed by atoms with van der Waals surface area (Å²) in [7, 11) is 0. The minimum atomic E-state index is 0.0285. The number of aromatic nitrogens is 2. The van der Waals surface area contributed by atoms with Crippen LogP contribution < -0.4 is 4.90 Å². The number of hydrogen-bond acceptors (Lipinski definition) is 4. The largest absolute Gasteiger partial charge is 0.339 e. The van der Waals surface area contributed by atoms with Gasteiger partial charge in [-0.05, 0) is 49.9 Å². The van der Waals surface area contributed by atoms with E-state index in [9.17, 15) is 4.79 Å². The standard InChI is InChI=1S/C21H19N3O2/c1-13-12-17-4-2-3-5-18(17)24(13)21(25)16-10-6-14(7-11-16)19-22-20(26-23-19)15-8-9-15/h2-7,10-11,13,15H,8-9,12H2,1H3. The lowest BCUT2D eigenvalue weighted by Gasteiger charge is -2.22. The number of anilines is 1. The van der Waals surface area contributed by atoms with Crippen molar-refractivity contribution in [1.82, 2.24) is 10.1 Å². The van der Waals surface area contributed by atoms with Crippen LogP contribution in [0, 0.1) is 0 Å². The normalized spacial score (nSPS) is 18.8. The summed E-state index contributed by atoms with van der Waals surface area (Å²) in [5.41, 5.74) is 3.78. The molecule has 3 aromatic rings. The van der Waals surface area contributed by atoms with Gasteiger partial charge in [0.2, 0.25) is 11.7 Å². The summed E-state index contributed by atoms with van der Waals surface area (Å²) in [6.45, 7) is 2.09. The first-order valence-electron chi connectivity index (χ1n) is 9.06. The summed E-state index contributed by atoms with van der Waals surface area (Å²) in [6, 6.07) is 15.8. The van der Waals surface area contributed by atoms with Crippen LogP contribution in [0.3, 0.4) is 0 Å². The Bertz CT molecular complexity index is 973. The summed E-state index contributed by atoms with van der Waals surface area (Å²) >= 11 is 0. The van der Waals surface area contributed by atoms with Gasteiger partial charge in [0.15, 0.2) is 0 Å². The average molecular weight is 345 g/mol. The zero-order chi connectivity index (χ0) is 17.7. The molecule has 0 radical (unpaired) electrons. The van der Waals surface area contributed by atoms with Gasteiger partial charge in [-0.3, -0.25) is 4.79 Å². The second-order valence-corrected chi connectivity index (χ2v) is 7.16. The Hall–Kier alpha value is -2.95. The van der Waals surface area contributed by atoms with E-state index in [2.05, 4.69) is 23.1 Å². The van der Waals surface area contributed by atoms with Gasteiger partial charge in [-0.15, -0.1) is 0 Å². The quantitative estimate of drug-likeness (QED) is 0.713. The number of carbonyl (C=O) groups excluding carboxylic acids is 1. The molecule has 5 rings (SSSR count). The van der Waals surface area contributed by atoms with E-state index in [4.69, 9.17) is 4.52 Å². The van der Waals surface area contributed by atoms with Crippen LogP contribution in [0.15, 0.2) is 53.1 Å². The number of nitrogens with zero attached hydrogens (tertiary/aromatic N) is 3. The molecule has 1 atom stereocenters. The van der Waals surface area contributed by atoms with Crippen molar-refractivity contribution in [2.45, 2.75) is 38.1 Å². The van der Waals surface area contributed by atoms with Crippen molar-refractivity contribution in [2.75, 3.05) is 4.90 Å². The van der Waals surface area contributed by atoms with Gasteiger partial charge in [-0.25, -0.2) is 0 Å². The predicted octanol–water partition coefficient (Wildman–Crippen LogP) is 4.21. The highest BCUT2D eigenvalue weighted by atomic mass is 16.5. The molecule has 1 aromatic heterocycles. The third-order valence-corrected chi connectivity index (χ3v) is 5.18. The fraction of sp³-hybridized carbons (Fsp3) is 0.286. The molecule has 2 heterocycles. The fourth-order valence-electron chi connectivity index (χ4n) is 3.62. The minimum absolute atomic E-state index is 0.0285. The van der Waals surface area contributed by atoms with Crippen molar-refractivity contribution in [3.05, 3.63) is 65.5 Å². The highest BCUT2D eigenvalue weighted by Crippen LogP contribution is 2.39. The zero-order valence-electron chi connectivity index (χ0n) is 14.6. The van der Waals surface area contributed by atoms with E-state index in [0.717, 1.165) is 36.4 Å². The molecule has 26 heavy (non-hydrogen) atoms. The Morgan fingerprint density at radius 1 is 1.12 bits per heavy atom. The van der Waals surface area contributed by atoms with Gasteiger partial charge in [0.1, 0.15) is 0 Å². The van der Waals surface area contributed by atoms with Gasteiger partial charge in [0, 0.05) is 28.8 Å². The molecule has 1 fully saturated rings. The van der Waals surface area contributed by atoms with E-state index in [1.807, 2.05) is 47.4 Å². The van der Waals surface area contributed by atoms with Gasteiger partial charge < -0.3 is 9.42 Å². The van der Waals surface area contributed by atoms with Crippen LogP contribution in [0.4, 0.5) is 5.69 Å². The number of amides is 1. The first kappa shape index (κ1) is 15.3. The van der Waals surface area contributed by atoms with Gasteiger partial charge in [-0.1, -0.05) is 35.5 Å². The zero-order valence-corrected chi connectivity index (χ0v) is 14.6. The van der Waals surface area contributed by atoms with Crippen LogP contribution in [0.1, 0.15) is 47.5 Å². The maximum absolute atomic E-state index is 13.0. The first-order chi connectivity index (χ1) is 12.7. The minimum Gasteiger partial charge on any atom is -0.339 e. The second kappa shape index (κ2) is 5.80. The summed E-state index contributed by atoms with van der Waals surface area (Å²) in [6.07, 6.45) is 3.15. The maximum atomic E-state index is 13.0. The van der Waals surface area contributed by atoms with Crippen LogP contribution in [-0.4, -0.2) is 22.1 Å². The number of fused-ring (bicyclic) bond motifs is 1. The molecule has 5 heteroatoms. The van der Waals surface area contributed by atoms with Crippen LogP contribution >= 0.6 is 0 Å². The molecule has 0 spiro atoms. The van der Waals surface area contributed by atoms with E-state index in [0.29, 0.717) is 17.3 Å². The van der Waals surface area contributed by atoms with Crippen LogP contribution in [0.5, 0.6) is 0 Å². The van der Waals surface area contributed by atoms with Crippen molar-refractivity contribution in [3.63, 3.8) is 0 Å². The Kier molecular flexibility index (Phi) is 3.42. The maximum Gasteiger partial charge on any atom is 0.258 e. The predicted molar refractivity (Wildman–Crippen MR) is 98.1 cm³/mol. The van der Waals surface area contributed by atoms with E-state index in [-0.39, 0.29) is 11.9 Å². The molecule has 130 valence electrons. The van der Waals surface area contributed by atoms with E-state index < -0.39 is 0 Å². The molecule has 1 amide bonds. The fourth-order valence-corrected chi connectivity index (χ4v) is 3.62. The molecule has 1 unspecified atom stereocenters. The highest BCUT2D eigenvalue weighted by molar-refractivity contribution is 6.07. The summed E-state index contributed by atoms with van der Waals surface area (Å²) < 4.78 is 5.32. The number of hydrogen-bond donors (Lipinski definition) is 0. The molecule has 1 aliphatic carbocycles. The van der Waals surface area contributed by atoms with Crippen molar-refractivity contribution >= 4 is 11.6 Å². The first-order valence-corrected chi connectivity index (χ1v) is 9.06. The highest BCUT2D eigenvalue weighted by Gasteiger charge is 2.32. The molecule has 2 aromatic carbocycles. The van der Waals surface area contributed by atoms with Crippen molar-refractivity contribution in [1.29, 1.82) is 0 Å². The van der Waals surface area contributed by atoms with Crippen molar-refractivity contribution < 1.29 is 9.32 Å². The van der Waals surface area contributed by atoms with Crippen molar-refractivity contribution in [2.24, 2.45) is 0 Å². The number of para-hydroxylation sites is 1. The SMILES string of the molecule is CC1Cc2ccccc2N1C(=O)c1ccc(-c2noc(C3CC3)n2)cc1. The lowest BCUT2D eigenvalue weighted by molar-refractivity contribution is 0.0981. The number of rotatable bonds is 3. The van der Waals surface area contributed by atoms with Crippen LogP contribution in [0.2, 0.25) is 0 Å². The Labute approximate surface area is 151 Å². The molecule has 1 saturated carbocycles. The Balaban J connectivity index is 1.41. The average Bonchev–Trinajstić information content (AvgIpc) is 3.29. The molecule has 1 aliphatic heterocycles. The molecular formula is C21H19N3O2. The molecule has 0 saturated heterocycles. The molecular weight excluding hydrogens is 326 g/mol. The van der Waals surface area contributed by atoms with E-state index in [1.165, 1.54) is 5.56 Å². The third kappa shape index (κ3) is 2.51. The summed E-state index contributed by atoms with van der Waals surface area (Å²) in [5.74, 6) is 1.78. The third-order valence-electron chi connectivity index (χ3n) is 5.18. The van der Waals surface area contributed by atoms with Gasteiger partial charge >= 0.3 is 0 Å². The van der Waals surface area contributed by atoms with Crippen molar-refractivity contribution in [3.8, 4) is 11.4 Å². The lowest BCUT2D eigenvalue weighted by atomic mass is 10.1. The smallest absolute Gasteiger partial charge is 0.258 e. The van der Waals surface area contributed by atoms with Gasteiger partial charge in [0.25, 0.3) is 5.91 Å². The van der Waals surface area contributed by atoms with E-state index >= 15 is 0 Å². The summed E-state index contributed by atoms with van der Waals surface area (Å²) in [5, 5.41) is 4.06. The molecule has 2 aliphatic rings. The Morgan fingerprint density at radius 3 is 2.65 bits per heavy atom.